The van der Waals surface area contributed by atoms with E-state index in [4.69, 9.17) is 4.84 Å². The molecule has 0 aliphatic carbocycles. The third kappa shape index (κ3) is 23.7. The first-order valence-electron chi connectivity index (χ1n) is 15.1. The number of hydrogen-bond donors (Lipinski definition) is 0. The second kappa shape index (κ2) is 24.7. The zero-order chi connectivity index (χ0) is 26.9. The summed E-state index contributed by atoms with van der Waals surface area (Å²) in [6.45, 7) is 3.42. The molecule has 0 radical (unpaired) electrons. The van der Waals surface area contributed by atoms with Crippen LogP contribution in [0.5, 0.6) is 0 Å². The highest BCUT2D eigenvalue weighted by Crippen LogP contribution is 2.14. The van der Waals surface area contributed by atoms with Crippen LogP contribution in [0.25, 0.3) is 0 Å². The van der Waals surface area contributed by atoms with Crippen LogP contribution >= 0.6 is 0 Å². The monoisotopic (exact) mass is 532 g/mol. The lowest BCUT2D eigenvalue weighted by molar-refractivity contribution is -0.166. The Kier molecular flexibility index (Phi) is 24.2. The summed E-state index contributed by atoms with van der Waals surface area (Å²) in [6.07, 6.45) is 25.2. The molecular weight excluding hydrogens is 472 g/mol. The number of nitrogens with zero attached hydrogens (tertiary/aromatic N) is 2. The van der Waals surface area contributed by atoms with E-state index in [2.05, 4.69) is 25.9 Å². The van der Waals surface area contributed by atoms with Gasteiger partial charge in [-0.1, -0.05) is 122 Å². The lowest BCUT2D eigenvalue weighted by Crippen LogP contribution is -2.31. The highest BCUT2D eigenvalue weighted by Gasteiger charge is 2.21. The highest BCUT2D eigenvalue weighted by atomic mass is 32.2. The third-order valence-electron chi connectivity index (χ3n) is 6.86. The van der Waals surface area contributed by atoms with Gasteiger partial charge in [0.05, 0.1) is 5.75 Å². The van der Waals surface area contributed by atoms with Crippen LogP contribution in [-0.2, 0) is 19.7 Å². The van der Waals surface area contributed by atoms with Gasteiger partial charge in [-0.15, -0.1) is 0 Å². The van der Waals surface area contributed by atoms with Crippen LogP contribution in [0.15, 0.2) is 0 Å². The van der Waals surface area contributed by atoms with E-state index in [1.807, 2.05) is 0 Å². The van der Waals surface area contributed by atoms with Crippen molar-refractivity contribution in [3.05, 3.63) is 0 Å². The summed E-state index contributed by atoms with van der Waals surface area (Å²) in [6, 6.07) is 0. The molecule has 6 nitrogen and oxygen atoms in total. The van der Waals surface area contributed by atoms with E-state index in [1.165, 1.54) is 110 Å². The van der Waals surface area contributed by atoms with E-state index in [0.29, 0.717) is 6.42 Å². The first-order chi connectivity index (χ1) is 17.3. The lowest BCUT2D eigenvalue weighted by Gasteiger charge is -2.16. The molecule has 0 aliphatic heterocycles. The number of carbonyl (C=O) groups is 1. The molecule has 36 heavy (non-hydrogen) atoms. The standard InChI is InChI=1S/C29H60N2O4S/c1-5-6-7-8-9-14-17-20-23-26-29(32)35-31(4)36(33,34)28-25-22-19-16-13-11-10-12-15-18-21-24-27-30(2)3/h5-28H2,1-4H3. The molecule has 0 saturated heterocycles. The molecule has 0 saturated carbocycles. The van der Waals surface area contributed by atoms with Crippen LogP contribution in [0.3, 0.4) is 0 Å². The van der Waals surface area contributed by atoms with Gasteiger partial charge >= 0.3 is 5.97 Å². The van der Waals surface area contributed by atoms with Crippen molar-refractivity contribution in [3.8, 4) is 0 Å². The molecule has 0 heterocycles. The minimum atomic E-state index is -3.54. The SMILES string of the molecule is CCCCCCCCCCCC(=O)ON(C)S(=O)(=O)CCCCCCCCCCCCCCN(C)C. The number of hydrogen-bond acceptors (Lipinski definition) is 5. The third-order valence-corrected chi connectivity index (χ3v) is 8.53. The Labute approximate surface area is 224 Å². The molecule has 0 aromatic heterocycles. The van der Waals surface area contributed by atoms with Crippen LogP contribution in [0.4, 0.5) is 0 Å². The fraction of sp³-hybridized carbons (Fsp3) is 0.966. The smallest absolute Gasteiger partial charge is 0.326 e. The van der Waals surface area contributed by atoms with Gasteiger partial charge in [0.2, 0.25) is 10.0 Å². The van der Waals surface area contributed by atoms with E-state index in [-0.39, 0.29) is 12.2 Å². The first-order valence-corrected chi connectivity index (χ1v) is 16.7. The second-order valence-electron chi connectivity index (χ2n) is 10.8. The summed E-state index contributed by atoms with van der Waals surface area (Å²) in [5.74, 6) is -0.402. The zero-order valence-corrected chi connectivity index (χ0v) is 25.2. The van der Waals surface area contributed by atoms with Crippen molar-refractivity contribution < 1.29 is 18.0 Å². The van der Waals surface area contributed by atoms with Gasteiger partial charge in [0.1, 0.15) is 0 Å². The Hall–Kier alpha value is -0.660. The summed E-state index contributed by atoms with van der Waals surface area (Å²) in [5, 5.41) is 0. The van der Waals surface area contributed by atoms with E-state index >= 15 is 0 Å². The fourth-order valence-electron chi connectivity index (χ4n) is 4.43. The van der Waals surface area contributed by atoms with Gasteiger partial charge in [0, 0.05) is 13.5 Å². The molecule has 0 amide bonds. The largest absolute Gasteiger partial charge is 0.353 e. The Morgan fingerprint density at radius 2 is 0.972 bits per heavy atom. The van der Waals surface area contributed by atoms with Crippen LogP contribution in [-0.4, -0.2) is 57.2 Å². The number of sulfonamides is 1. The molecular formula is C29H60N2O4S. The summed E-state index contributed by atoms with van der Waals surface area (Å²) < 4.78 is 25.5. The molecule has 0 aromatic carbocycles. The van der Waals surface area contributed by atoms with Crippen LogP contribution in [0, 0.1) is 0 Å². The molecule has 0 rings (SSSR count). The Morgan fingerprint density at radius 1 is 0.583 bits per heavy atom. The van der Waals surface area contributed by atoms with E-state index in [9.17, 15) is 13.2 Å². The van der Waals surface area contributed by atoms with Crippen molar-refractivity contribution >= 4 is 16.0 Å². The van der Waals surface area contributed by atoms with Gasteiger partial charge in [-0.05, 0) is 44.4 Å². The number of unbranched alkanes of at least 4 members (excludes halogenated alkanes) is 19. The molecule has 0 spiro atoms. The average Bonchev–Trinajstić information content (AvgIpc) is 2.82. The average molecular weight is 533 g/mol. The summed E-state index contributed by atoms with van der Waals surface area (Å²) in [7, 11) is 2.07. The van der Waals surface area contributed by atoms with E-state index < -0.39 is 16.0 Å². The van der Waals surface area contributed by atoms with Crippen molar-refractivity contribution in [2.45, 2.75) is 148 Å². The minimum absolute atomic E-state index is 0.0443. The predicted molar refractivity (Wildman–Crippen MR) is 153 cm³/mol. The Bertz CT molecular complexity index is 596. The van der Waals surface area contributed by atoms with Gasteiger partial charge in [0.15, 0.2) is 0 Å². The van der Waals surface area contributed by atoms with Gasteiger partial charge < -0.3 is 9.74 Å². The Morgan fingerprint density at radius 3 is 1.42 bits per heavy atom. The van der Waals surface area contributed by atoms with Gasteiger partial charge in [-0.2, -0.15) is 0 Å². The quantitative estimate of drug-likeness (QED) is 0.0795. The fourth-order valence-corrected chi connectivity index (χ4v) is 5.46. The summed E-state index contributed by atoms with van der Waals surface area (Å²) in [5.41, 5.74) is 0. The topological polar surface area (TPSA) is 66.9 Å². The van der Waals surface area contributed by atoms with E-state index in [0.717, 1.165) is 36.6 Å². The molecule has 0 atom stereocenters. The van der Waals surface area contributed by atoms with Crippen LogP contribution in [0.2, 0.25) is 0 Å². The predicted octanol–water partition coefficient (Wildman–Crippen LogP) is 7.87. The molecule has 7 heteroatoms. The first kappa shape index (κ1) is 35.3. The van der Waals surface area contributed by atoms with Crippen LogP contribution in [0.1, 0.15) is 148 Å². The number of hydroxylamine groups is 1. The zero-order valence-electron chi connectivity index (χ0n) is 24.4. The highest BCUT2D eigenvalue weighted by molar-refractivity contribution is 7.88. The van der Waals surface area contributed by atoms with Crippen molar-refractivity contribution in [2.75, 3.05) is 33.4 Å². The van der Waals surface area contributed by atoms with Crippen LogP contribution < -0.4 is 0 Å². The molecule has 0 bridgehead atoms. The molecule has 0 aromatic rings. The maximum Gasteiger partial charge on any atom is 0.326 e. The molecule has 0 unspecified atom stereocenters. The number of rotatable bonds is 27. The molecule has 216 valence electrons. The lowest BCUT2D eigenvalue weighted by atomic mass is 10.1. The maximum atomic E-state index is 12.4. The second-order valence-corrected chi connectivity index (χ2v) is 12.9. The van der Waals surface area contributed by atoms with Crippen molar-refractivity contribution in [2.24, 2.45) is 0 Å². The van der Waals surface area contributed by atoms with E-state index in [1.54, 1.807) is 0 Å². The normalized spacial score (nSPS) is 12.1. The molecule has 0 fully saturated rings. The molecule has 0 N–H and O–H groups in total. The summed E-state index contributed by atoms with van der Waals surface area (Å²) >= 11 is 0. The van der Waals surface area contributed by atoms with Crippen molar-refractivity contribution in [1.29, 1.82) is 0 Å². The Balaban J connectivity index is 3.60. The molecule has 0 aliphatic rings. The number of carbonyl (C=O) groups excluding carboxylic acids is 1. The minimum Gasteiger partial charge on any atom is -0.353 e. The van der Waals surface area contributed by atoms with Gasteiger partial charge in [-0.3, -0.25) is 4.79 Å². The summed E-state index contributed by atoms with van der Waals surface area (Å²) in [4.78, 5) is 19.3. The van der Waals surface area contributed by atoms with Crippen molar-refractivity contribution in [3.63, 3.8) is 0 Å². The maximum absolute atomic E-state index is 12.4. The van der Waals surface area contributed by atoms with Gasteiger partial charge in [-0.25, -0.2) is 8.42 Å². The van der Waals surface area contributed by atoms with Gasteiger partial charge in [0.25, 0.3) is 0 Å². The van der Waals surface area contributed by atoms with Crippen molar-refractivity contribution in [1.82, 2.24) is 9.37 Å².